The van der Waals surface area contributed by atoms with Gasteiger partial charge < -0.3 is 4.57 Å². The number of hydrogen-bond acceptors (Lipinski definition) is 1. The summed E-state index contributed by atoms with van der Waals surface area (Å²) in [6.07, 6.45) is 5.19. The fourth-order valence-electron chi connectivity index (χ4n) is 3.44. The van der Waals surface area contributed by atoms with Crippen molar-refractivity contribution in [3.63, 3.8) is 0 Å². The molecule has 0 radical (unpaired) electrons. The summed E-state index contributed by atoms with van der Waals surface area (Å²) < 4.78 is 15.5. The van der Waals surface area contributed by atoms with E-state index in [0.29, 0.717) is 17.3 Å². The van der Waals surface area contributed by atoms with Gasteiger partial charge in [0.1, 0.15) is 11.6 Å². The third-order valence-electron chi connectivity index (χ3n) is 4.39. The number of benzene rings is 1. The minimum Gasteiger partial charge on any atom is -0.327 e. The molecule has 0 bridgehead atoms. The van der Waals surface area contributed by atoms with Crippen LogP contribution in [0.2, 0.25) is 0 Å². The molecule has 1 aliphatic carbocycles. The standard InChI is InChI=1S/C16H20ClFN2/c1-11-3-2-4-12(7-11)10-20-15-6-5-13(18)8-14(15)19-16(20)9-17/h5-6,8,11-12H,2-4,7,9-10H2,1H3. The van der Waals surface area contributed by atoms with Crippen LogP contribution < -0.4 is 0 Å². The van der Waals surface area contributed by atoms with Crippen molar-refractivity contribution in [1.29, 1.82) is 0 Å². The van der Waals surface area contributed by atoms with E-state index in [0.717, 1.165) is 23.8 Å². The van der Waals surface area contributed by atoms with Crippen LogP contribution in [0.3, 0.4) is 0 Å². The molecule has 0 saturated heterocycles. The number of fused-ring (bicyclic) bond motifs is 1. The fraction of sp³-hybridized carbons (Fsp3) is 0.562. The largest absolute Gasteiger partial charge is 0.327 e. The maximum absolute atomic E-state index is 13.3. The van der Waals surface area contributed by atoms with Crippen LogP contribution >= 0.6 is 11.6 Å². The number of nitrogens with zero attached hydrogens (tertiary/aromatic N) is 2. The van der Waals surface area contributed by atoms with Crippen molar-refractivity contribution in [3.05, 3.63) is 29.8 Å². The zero-order chi connectivity index (χ0) is 14.1. The van der Waals surface area contributed by atoms with E-state index in [1.54, 1.807) is 0 Å². The molecule has 2 unspecified atom stereocenters. The quantitative estimate of drug-likeness (QED) is 0.748. The number of alkyl halides is 1. The lowest BCUT2D eigenvalue weighted by Crippen LogP contribution is -2.19. The minimum atomic E-state index is -0.241. The summed E-state index contributed by atoms with van der Waals surface area (Å²) in [5, 5.41) is 0. The van der Waals surface area contributed by atoms with Crippen LogP contribution in [0, 0.1) is 17.7 Å². The molecule has 1 aromatic carbocycles. The van der Waals surface area contributed by atoms with Gasteiger partial charge in [-0.3, -0.25) is 0 Å². The second-order valence-electron chi connectivity index (χ2n) is 6.04. The Bertz CT molecular complexity index is 608. The molecule has 1 aliphatic rings. The molecule has 0 spiro atoms. The van der Waals surface area contributed by atoms with E-state index in [4.69, 9.17) is 11.6 Å². The topological polar surface area (TPSA) is 17.8 Å². The second kappa shape index (κ2) is 5.72. The summed E-state index contributed by atoms with van der Waals surface area (Å²) in [7, 11) is 0. The van der Waals surface area contributed by atoms with Crippen molar-refractivity contribution in [2.45, 2.75) is 45.0 Å². The van der Waals surface area contributed by atoms with Gasteiger partial charge in [-0.25, -0.2) is 9.37 Å². The highest BCUT2D eigenvalue weighted by atomic mass is 35.5. The van der Waals surface area contributed by atoms with Crippen LogP contribution in [0.5, 0.6) is 0 Å². The molecular weight excluding hydrogens is 275 g/mol. The van der Waals surface area contributed by atoms with Gasteiger partial charge in [-0.1, -0.05) is 19.8 Å². The second-order valence-corrected chi connectivity index (χ2v) is 6.31. The molecule has 0 N–H and O–H groups in total. The molecule has 1 heterocycles. The first-order valence-corrected chi connectivity index (χ1v) is 7.91. The highest BCUT2D eigenvalue weighted by Crippen LogP contribution is 2.31. The first kappa shape index (κ1) is 13.9. The summed E-state index contributed by atoms with van der Waals surface area (Å²) >= 11 is 6.01. The first-order chi connectivity index (χ1) is 9.67. The molecule has 0 amide bonds. The summed E-state index contributed by atoms with van der Waals surface area (Å²) in [4.78, 5) is 4.47. The highest BCUT2D eigenvalue weighted by molar-refractivity contribution is 6.16. The predicted octanol–water partition coefficient (Wildman–Crippen LogP) is 4.74. The maximum Gasteiger partial charge on any atom is 0.125 e. The van der Waals surface area contributed by atoms with Gasteiger partial charge in [0.05, 0.1) is 16.9 Å². The normalized spacial score (nSPS) is 23.4. The molecule has 20 heavy (non-hydrogen) atoms. The lowest BCUT2D eigenvalue weighted by molar-refractivity contribution is 0.257. The van der Waals surface area contributed by atoms with Crippen molar-refractivity contribution in [2.24, 2.45) is 11.8 Å². The lowest BCUT2D eigenvalue weighted by Gasteiger charge is -2.27. The van der Waals surface area contributed by atoms with Crippen molar-refractivity contribution in [3.8, 4) is 0 Å². The molecule has 1 aromatic heterocycles. The van der Waals surface area contributed by atoms with Crippen LogP contribution in [0.25, 0.3) is 11.0 Å². The van der Waals surface area contributed by atoms with Gasteiger partial charge in [0, 0.05) is 12.6 Å². The van der Waals surface area contributed by atoms with Crippen molar-refractivity contribution in [2.75, 3.05) is 0 Å². The van der Waals surface area contributed by atoms with Gasteiger partial charge in [-0.15, -0.1) is 11.6 Å². The van der Waals surface area contributed by atoms with E-state index in [-0.39, 0.29) is 5.82 Å². The number of halogens is 2. The Labute approximate surface area is 123 Å². The lowest BCUT2D eigenvalue weighted by atomic mass is 9.82. The summed E-state index contributed by atoms with van der Waals surface area (Å²) in [6.45, 7) is 3.28. The maximum atomic E-state index is 13.3. The monoisotopic (exact) mass is 294 g/mol. The average Bonchev–Trinajstić information content (AvgIpc) is 2.76. The summed E-state index contributed by atoms with van der Waals surface area (Å²) in [5.41, 5.74) is 1.71. The Morgan fingerprint density at radius 1 is 1.40 bits per heavy atom. The van der Waals surface area contributed by atoms with E-state index < -0.39 is 0 Å². The van der Waals surface area contributed by atoms with Crippen LogP contribution in [0.1, 0.15) is 38.4 Å². The van der Waals surface area contributed by atoms with Gasteiger partial charge in [0.15, 0.2) is 0 Å². The highest BCUT2D eigenvalue weighted by Gasteiger charge is 2.21. The van der Waals surface area contributed by atoms with Crippen LogP contribution in [-0.2, 0) is 12.4 Å². The van der Waals surface area contributed by atoms with E-state index in [9.17, 15) is 4.39 Å². The Morgan fingerprint density at radius 3 is 3.00 bits per heavy atom. The number of rotatable bonds is 3. The van der Waals surface area contributed by atoms with Crippen LogP contribution in [0.4, 0.5) is 4.39 Å². The molecule has 0 aliphatic heterocycles. The minimum absolute atomic E-state index is 0.241. The number of hydrogen-bond donors (Lipinski definition) is 0. The smallest absolute Gasteiger partial charge is 0.125 e. The van der Waals surface area contributed by atoms with E-state index >= 15 is 0 Å². The van der Waals surface area contributed by atoms with Crippen LogP contribution in [0.15, 0.2) is 18.2 Å². The molecule has 108 valence electrons. The fourth-order valence-corrected chi connectivity index (χ4v) is 3.65. The molecule has 1 fully saturated rings. The van der Waals surface area contributed by atoms with Gasteiger partial charge in [-0.2, -0.15) is 0 Å². The van der Waals surface area contributed by atoms with Crippen LogP contribution in [-0.4, -0.2) is 9.55 Å². The SMILES string of the molecule is CC1CCCC(Cn2c(CCl)nc3cc(F)ccc32)C1. The van der Waals surface area contributed by atoms with Gasteiger partial charge in [-0.05, 0) is 36.8 Å². The molecule has 2 aromatic rings. The van der Waals surface area contributed by atoms with Crippen molar-refractivity contribution >= 4 is 22.6 Å². The Morgan fingerprint density at radius 2 is 2.25 bits per heavy atom. The van der Waals surface area contributed by atoms with E-state index in [1.807, 2.05) is 6.07 Å². The Balaban J connectivity index is 1.93. The molecule has 1 saturated carbocycles. The zero-order valence-electron chi connectivity index (χ0n) is 11.8. The first-order valence-electron chi connectivity index (χ1n) is 7.38. The molecule has 3 rings (SSSR count). The third-order valence-corrected chi connectivity index (χ3v) is 4.63. The Hall–Kier alpha value is -1.09. The predicted molar refractivity (Wildman–Crippen MR) is 80.4 cm³/mol. The van der Waals surface area contributed by atoms with Crippen molar-refractivity contribution < 1.29 is 4.39 Å². The van der Waals surface area contributed by atoms with Gasteiger partial charge >= 0.3 is 0 Å². The van der Waals surface area contributed by atoms with E-state index in [1.165, 1.54) is 37.8 Å². The Kier molecular flexibility index (Phi) is 3.97. The molecule has 2 nitrogen and oxygen atoms in total. The number of imidazole rings is 1. The zero-order valence-corrected chi connectivity index (χ0v) is 12.5. The molecular formula is C16H20ClFN2. The van der Waals surface area contributed by atoms with E-state index in [2.05, 4.69) is 16.5 Å². The number of aromatic nitrogens is 2. The summed E-state index contributed by atoms with van der Waals surface area (Å²) in [6, 6.07) is 4.81. The van der Waals surface area contributed by atoms with Crippen molar-refractivity contribution in [1.82, 2.24) is 9.55 Å². The van der Waals surface area contributed by atoms with Gasteiger partial charge in [0.2, 0.25) is 0 Å². The third kappa shape index (κ3) is 2.69. The summed E-state index contributed by atoms with van der Waals surface area (Å²) in [5.74, 6) is 2.47. The average molecular weight is 295 g/mol. The molecule has 4 heteroatoms. The molecule has 2 atom stereocenters. The van der Waals surface area contributed by atoms with Gasteiger partial charge in [0.25, 0.3) is 0 Å².